The van der Waals surface area contributed by atoms with Gasteiger partial charge in [0.05, 0.1) is 10.0 Å². The summed E-state index contributed by atoms with van der Waals surface area (Å²) >= 11 is 3.05. The van der Waals surface area contributed by atoms with E-state index in [1.165, 1.54) is 35.2 Å². The summed E-state index contributed by atoms with van der Waals surface area (Å²) in [4.78, 5) is 13.7. The van der Waals surface area contributed by atoms with Crippen molar-refractivity contribution in [3.63, 3.8) is 0 Å². The molecule has 0 atom stereocenters. The maximum Gasteiger partial charge on any atom is 0.261 e. The zero-order valence-corrected chi connectivity index (χ0v) is 12.3. The predicted octanol–water partition coefficient (Wildman–Crippen LogP) is 4.39. The summed E-state index contributed by atoms with van der Waals surface area (Å²) in [5.74, 6) is -1.56. The summed E-state index contributed by atoms with van der Waals surface area (Å²) in [6, 6.07) is 10.2. The van der Waals surface area contributed by atoms with E-state index >= 15 is 0 Å². The first-order valence-corrected chi connectivity index (χ1v) is 6.85. The summed E-state index contributed by atoms with van der Waals surface area (Å²) in [6.45, 7) is 2.06. The molecule has 0 unspecified atom stereocenters. The lowest BCUT2D eigenvalue weighted by molar-refractivity contribution is 0.0984. The van der Waals surface area contributed by atoms with E-state index in [0.717, 1.165) is 0 Å². The Balaban J connectivity index is 2.42. The number of hydrogen-bond acceptors (Lipinski definition) is 1. The molecule has 1 amide bonds. The Labute approximate surface area is 124 Å². The molecule has 104 valence electrons. The van der Waals surface area contributed by atoms with E-state index in [4.69, 9.17) is 0 Å². The lowest BCUT2D eigenvalue weighted by Gasteiger charge is -2.21. The molecule has 0 aliphatic carbocycles. The number of carbonyl (C=O) groups excluding carboxylic acids is 1. The van der Waals surface area contributed by atoms with Crippen molar-refractivity contribution in [2.24, 2.45) is 0 Å². The fourth-order valence-electron chi connectivity index (χ4n) is 1.90. The molecule has 0 radical (unpaired) electrons. The molecule has 2 aromatic carbocycles. The molecule has 0 bridgehead atoms. The van der Waals surface area contributed by atoms with Gasteiger partial charge in [0.25, 0.3) is 5.91 Å². The smallest absolute Gasteiger partial charge is 0.261 e. The Morgan fingerprint density at radius 1 is 1.20 bits per heavy atom. The Morgan fingerprint density at radius 2 is 1.90 bits per heavy atom. The van der Waals surface area contributed by atoms with Gasteiger partial charge in [-0.25, -0.2) is 8.78 Å². The van der Waals surface area contributed by atoms with Crippen LogP contribution >= 0.6 is 15.9 Å². The molecule has 0 N–H and O–H groups in total. The first-order chi connectivity index (χ1) is 9.54. The summed E-state index contributed by atoms with van der Waals surface area (Å²) in [5, 5.41) is 0. The third kappa shape index (κ3) is 2.88. The number of benzene rings is 2. The molecular weight excluding hydrogens is 328 g/mol. The molecule has 2 rings (SSSR count). The van der Waals surface area contributed by atoms with Crippen LogP contribution < -0.4 is 4.90 Å². The van der Waals surface area contributed by atoms with Crippen LogP contribution in [0.1, 0.15) is 17.3 Å². The summed E-state index contributed by atoms with van der Waals surface area (Å²) < 4.78 is 27.4. The number of rotatable bonds is 3. The molecule has 20 heavy (non-hydrogen) atoms. The van der Waals surface area contributed by atoms with Crippen molar-refractivity contribution in [2.45, 2.75) is 6.92 Å². The van der Waals surface area contributed by atoms with Gasteiger partial charge in [0.2, 0.25) is 0 Å². The molecule has 0 saturated carbocycles. The Bertz CT molecular complexity index is 646. The van der Waals surface area contributed by atoms with Crippen LogP contribution in [0.3, 0.4) is 0 Å². The summed E-state index contributed by atoms with van der Waals surface area (Å²) in [6.07, 6.45) is 0. The van der Waals surface area contributed by atoms with Crippen molar-refractivity contribution in [2.75, 3.05) is 11.4 Å². The Hall–Kier alpha value is -1.75. The number of amides is 1. The van der Waals surface area contributed by atoms with E-state index in [1.807, 2.05) is 0 Å². The van der Waals surface area contributed by atoms with Crippen molar-refractivity contribution >= 4 is 27.5 Å². The first-order valence-electron chi connectivity index (χ1n) is 6.06. The molecule has 0 spiro atoms. The van der Waals surface area contributed by atoms with Gasteiger partial charge in [-0.15, -0.1) is 0 Å². The van der Waals surface area contributed by atoms with Crippen molar-refractivity contribution in [1.82, 2.24) is 0 Å². The lowest BCUT2D eigenvalue weighted by atomic mass is 10.1. The van der Waals surface area contributed by atoms with Gasteiger partial charge in [0.1, 0.15) is 11.6 Å². The highest BCUT2D eigenvalue weighted by Gasteiger charge is 2.20. The standard InChI is InChI=1S/C15H12BrF2NO/c1-2-19(11-6-3-5-10(17)9-11)15(20)12-7-4-8-13(16)14(12)18/h3-9H,2H2,1H3. The van der Waals surface area contributed by atoms with Crippen LogP contribution in [0, 0.1) is 11.6 Å². The predicted molar refractivity (Wildman–Crippen MR) is 77.9 cm³/mol. The minimum atomic E-state index is -0.618. The second-order valence-electron chi connectivity index (χ2n) is 4.13. The van der Waals surface area contributed by atoms with E-state index in [9.17, 15) is 13.6 Å². The molecule has 5 heteroatoms. The van der Waals surface area contributed by atoms with Crippen molar-refractivity contribution in [3.05, 3.63) is 64.1 Å². The van der Waals surface area contributed by atoms with Gasteiger partial charge in [0.15, 0.2) is 0 Å². The Kier molecular flexibility index (Phi) is 4.49. The quantitative estimate of drug-likeness (QED) is 0.811. The third-order valence-corrected chi connectivity index (χ3v) is 3.48. The minimum Gasteiger partial charge on any atom is -0.308 e. The minimum absolute atomic E-state index is 0.0505. The van der Waals surface area contributed by atoms with Crippen LogP contribution in [-0.2, 0) is 0 Å². The second kappa shape index (κ2) is 6.13. The number of carbonyl (C=O) groups is 1. The zero-order chi connectivity index (χ0) is 14.7. The molecule has 0 aromatic heterocycles. The first kappa shape index (κ1) is 14.7. The van der Waals surface area contributed by atoms with Gasteiger partial charge in [0, 0.05) is 12.2 Å². The van der Waals surface area contributed by atoms with Crippen LogP contribution in [0.4, 0.5) is 14.5 Å². The highest BCUT2D eigenvalue weighted by molar-refractivity contribution is 9.10. The third-order valence-electron chi connectivity index (χ3n) is 2.86. The highest BCUT2D eigenvalue weighted by atomic mass is 79.9. The van der Waals surface area contributed by atoms with Crippen molar-refractivity contribution in [3.8, 4) is 0 Å². The maximum atomic E-state index is 14.0. The summed E-state index contributed by atoms with van der Waals surface area (Å²) in [5.41, 5.74) is 0.349. The van der Waals surface area contributed by atoms with Gasteiger partial charge in [-0.3, -0.25) is 4.79 Å². The topological polar surface area (TPSA) is 20.3 Å². The van der Waals surface area contributed by atoms with Gasteiger partial charge in [-0.1, -0.05) is 12.1 Å². The normalized spacial score (nSPS) is 10.4. The van der Waals surface area contributed by atoms with Crippen LogP contribution in [0.5, 0.6) is 0 Å². The molecule has 0 aliphatic rings. The van der Waals surface area contributed by atoms with Crippen molar-refractivity contribution < 1.29 is 13.6 Å². The molecule has 0 heterocycles. The molecule has 0 fully saturated rings. The van der Waals surface area contributed by atoms with E-state index in [0.29, 0.717) is 12.2 Å². The summed E-state index contributed by atoms with van der Waals surface area (Å²) in [7, 11) is 0. The fourth-order valence-corrected chi connectivity index (χ4v) is 2.27. The van der Waals surface area contributed by atoms with Gasteiger partial charge in [-0.05, 0) is 53.2 Å². The number of hydrogen-bond donors (Lipinski definition) is 0. The average molecular weight is 340 g/mol. The second-order valence-corrected chi connectivity index (χ2v) is 4.98. The maximum absolute atomic E-state index is 14.0. The van der Waals surface area contributed by atoms with Gasteiger partial charge < -0.3 is 4.90 Å². The molecular formula is C15H12BrF2NO. The largest absolute Gasteiger partial charge is 0.308 e. The highest BCUT2D eigenvalue weighted by Crippen LogP contribution is 2.23. The number of halogens is 3. The zero-order valence-electron chi connectivity index (χ0n) is 10.7. The van der Waals surface area contributed by atoms with Crippen LogP contribution in [0.15, 0.2) is 46.9 Å². The van der Waals surface area contributed by atoms with E-state index in [1.54, 1.807) is 19.1 Å². The van der Waals surface area contributed by atoms with Crippen LogP contribution in [0.2, 0.25) is 0 Å². The SMILES string of the molecule is CCN(C(=O)c1cccc(Br)c1F)c1cccc(F)c1. The Morgan fingerprint density at radius 3 is 2.55 bits per heavy atom. The van der Waals surface area contributed by atoms with Gasteiger partial charge in [-0.2, -0.15) is 0 Å². The van der Waals surface area contributed by atoms with Crippen LogP contribution in [-0.4, -0.2) is 12.5 Å². The average Bonchev–Trinajstić information content (AvgIpc) is 2.42. The lowest BCUT2D eigenvalue weighted by Crippen LogP contribution is -2.31. The van der Waals surface area contributed by atoms with Gasteiger partial charge >= 0.3 is 0 Å². The van der Waals surface area contributed by atoms with E-state index in [-0.39, 0.29) is 10.0 Å². The number of anilines is 1. The molecule has 0 saturated heterocycles. The van der Waals surface area contributed by atoms with Crippen molar-refractivity contribution in [1.29, 1.82) is 0 Å². The fraction of sp³-hybridized carbons (Fsp3) is 0.133. The van der Waals surface area contributed by atoms with E-state index < -0.39 is 17.5 Å². The van der Waals surface area contributed by atoms with Crippen LogP contribution in [0.25, 0.3) is 0 Å². The monoisotopic (exact) mass is 339 g/mol. The molecule has 2 nitrogen and oxygen atoms in total. The number of nitrogens with zero attached hydrogens (tertiary/aromatic N) is 1. The molecule has 0 aliphatic heterocycles. The molecule has 2 aromatic rings. The van der Waals surface area contributed by atoms with E-state index in [2.05, 4.69) is 15.9 Å².